The fourth-order valence-electron chi connectivity index (χ4n) is 1.72. The smallest absolute Gasteiger partial charge is 0.191 e. The molecule has 0 unspecified atom stereocenters. The first-order valence-corrected chi connectivity index (χ1v) is 7.54. The predicted molar refractivity (Wildman–Crippen MR) is 82.1 cm³/mol. The van der Waals surface area contributed by atoms with Gasteiger partial charge in [0.15, 0.2) is 5.96 Å². The summed E-state index contributed by atoms with van der Waals surface area (Å²) in [6, 6.07) is 3.81. The molecule has 0 amide bonds. The van der Waals surface area contributed by atoms with Gasteiger partial charge in [-0.05, 0) is 18.6 Å². The number of hydrogen-bond acceptors (Lipinski definition) is 4. The fourth-order valence-corrected chi connectivity index (χ4v) is 2.58. The van der Waals surface area contributed by atoms with E-state index in [2.05, 4.69) is 27.5 Å². The van der Waals surface area contributed by atoms with Crippen molar-refractivity contribution in [3.63, 3.8) is 0 Å². The lowest BCUT2D eigenvalue weighted by molar-refractivity contribution is 0.501. The van der Waals surface area contributed by atoms with Crippen molar-refractivity contribution >= 4 is 17.3 Å². The molecule has 6 heteroatoms. The van der Waals surface area contributed by atoms with E-state index in [1.807, 2.05) is 18.3 Å². The SMILES string of the molecule is CCc1cnc(CCNC(=NC)NCc2ccco2)s1. The molecule has 5 nitrogen and oxygen atoms in total. The van der Waals surface area contributed by atoms with E-state index >= 15 is 0 Å². The number of guanidine groups is 1. The third-order valence-corrected chi connectivity index (χ3v) is 4.02. The number of aryl methyl sites for hydroxylation is 1. The maximum absolute atomic E-state index is 5.26. The Morgan fingerprint density at radius 1 is 1.45 bits per heavy atom. The number of nitrogens with zero attached hydrogens (tertiary/aromatic N) is 2. The zero-order valence-electron chi connectivity index (χ0n) is 11.8. The Morgan fingerprint density at radius 3 is 3.00 bits per heavy atom. The molecule has 0 spiro atoms. The van der Waals surface area contributed by atoms with Crippen molar-refractivity contribution in [2.75, 3.05) is 13.6 Å². The molecule has 0 fully saturated rings. The Hall–Kier alpha value is -1.82. The van der Waals surface area contributed by atoms with Gasteiger partial charge in [-0.3, -0.25) is 4.99 Å². The van der Waals surface area contributed by atoms with Gasteiger partial charge in [0, 0.05) is 31.1 Å². The molecule has 0 saturated carbocycles. The van der Waals surface area contributed by atoms with E-state index in [0.717, 1.165) is 36.1 Å². The molecule has 2 aromatic heterocycles. The average Bonchev–Trinajstić information content (AvgIpc) is 3.13. The zero-order valence-corrected chi connectivity index (χ0v) is 12.7. The molecular weight excluding hydrogens is 272 g/mol. The van der Waals surface area contributed by atoms with Gasteiger partial charge in [-0.25, -0.2) is 4.98 Å². The summed E-state index contributed by atoms with van der Waals surface area (Å²) in [5.74, 6) is 1.66. The highest BCUT2D eigenvalue weighted by Gasteiger charge is 2.02. The minimum absolute atomic E-state index is 0.629. The van der Waals surface area contributed by atoms with Crippen LogP contribution < -0.4 is 10.6 Å². The first-order valence-electron chi connectivity index (χ1n) is 6.72. The third-order valence-electron chi connectivity index (χ3n) is 2.81. The molecule has 0 atom stereocenters. The Kier molecular flexibility index (Phi) is 5.61. The molecule has 0 aliphatic heterocycles. The van der Waals surface area contributed by atoms with E-state index < -0.39 is 0 Å². The molecular formula is C14H20N4OS. The van der Waals surface area contributed by atoms with Crippen molar-refractivity contribution in [1.29, 1.82) is 0 Å². The minimum atomic E-state index is 0.629. The highest BCUT2D eigenvalue weighted by molar-refractivity contribution is 7.11. The number of rotatable bonds is 6. The van der Waals surface area contributed by atoms with Crippen molar-refractivity contribution < 1.29 is 4.42 Å². The van der Waals surface area contributed by atoms with Gasteiger partial charge in [-0.2, -0.15) is 0 Å². The van der Waals surface area contributed by atoms with E-state index in [1.54, 1.807) is 24.6 Å². The maximum atomic E-state index is 5.26. The lowest BCUT2D eigenvalue weighted by atomic mass is 10.4. The molecule has 0 saturated heterocycles. The molecule has 2 aromatic rings. The monoisotopic (exact) mass is 292 g/mol. The molecule has 20 heavy (non-hydrogen) atoms. The van der Waals surface area contributed by atoms with Crippen LogP contribution in [0.5, 0.6) is 0 Å². The van der Waals surface area contributed by atoms with E-state index in [1.165, 1.54) is 4.88 Å². The van der Waals surface area contributed by atoms with Crippen LogP contribution >= 0.6 is 11.3 Å². The van der Waals surface area contributed by atoms with Crippen LogP contribution in [0.2, 0.25) is 0 Å². The number of furan rings is 1. The highest BCUT2D eigenvalue weighted by atomic mass is 32.1. The summed E-state index contributed by atoms with van der Waals surface area (Å²) in [4.78, 5) is 9.91. The van der Waals surface area contributed by atoms with Crippen molar-refractivity contribution in [3.05, 3.63) is 40.2 Å². The van der Waals surface area contributed by atoms with Crippen LogP contribution in [0.15, 0.2) is 34.0 Å². The zero-order chi connectivity index (χ0) is 14.2. The molecule has 0 aromatic carbocycles. The number of thiazole rings is 1. The Morgan fingerprint density at radius 2 is 2.35 bits per heavy atom. The lowest BCUT2D eigenvalue weighted by Crippen LogP contribution is -2.37. The molecule has 0 aliphatic carbocycles. The van der Waals surface area contributed by atoms with Gasteiger partial charge in [0.05, 0.1) is 17.8 Å². The van der Waals surface area contributed by atoms with E-state index in [9.17, 15) is 0 Å². The van der Waals surface area contributed by atoms with Gasteiger partial charge in [-0.1, -0.05) is 6.92 Å². The quantitative estimate of drug-likeness (QED) is 0.633. The summed E-state index contributed by atoms with van der Waals surface area (Å²) in [6.07, 6.45) is 5.59. The van der Waals surface area contributed by atoms with Crippen LogP contribution in [0.1, 0.15) is 22.6 Å². The normalized spacial score (nSPS) is 11.6. The number of hydrogen-bond donors (Lipinski definition) is 2. The molecule has 108 valence electrons. The lowest BCUT2D eigenvalue weighted by Gasteiger charge is -2.09. The molecule has 2 N–H and O–H groups in total. The van der Waals surface area contributed by atoms with Gasteiger partial charge in [-0.15, -0.1) is 11.3 Å². The molecule has 0 aliphatic rings. The second-order valence-electron chi connectivity index (χ2n) is 4.26. The minimum Gasteiger partial charge on any atom is -0.467 e. The summed E-state index contributed by atoms with van der Waals surface area (Å²) in [5, 5.41) is 7.64. The second-order valence-corrected chi connectivity index (χ2v) is 5.46. The standard InChI is InChI=1S/C14H20N4OS/c1-3-12-10-17-13(20-12)6-7-16-14(15-2)18-9-11-5-4-8-19-11/h4-5,8,10H,3,6-7,9H2,1-2H3,(H2,15,16,18). The first-order chi connectivity index (χ1) is 9.81. The highest BCUT2D eigenvalue weighted by Crippen LogP contribution is 2.13. The van der Waals surface area contributed by atoms with Crippen molar-refractivity contribution in [2.45, 2.75) is 26.3 Å². The Balaban J connectivity index is 1.71. The van der Waals surface area contributed by atoms with Crippen LogP contribution in [0.25, 0.3) is 0 Å². The van der Waals surface area contributed by atoms with Crippen molar-refractivity contribution in [1.82, 2.24) is 15.6 Å². The largest absolute Gasteiger partial charge is 0.467 e. The summed E-state index contributed by atoms with van der Waals surface area (Å²) in [6.45, 7) is 3.59. The van der Waals surface area contributed by atoms with Gasteiger partial charge in [0.2, 0.25) is 0 Å². The summed E-state index contributed by atoms with van der Waals surface area (Å²) in [7, 11) is 1.76. The predicted octanol–water partition coefficient (Wildman–Crippen LogP) is 2.21. The Labute approximate surface area is 123 Å². The molecule has 0 bridgehead atoms. The van der Waals surface area contributed by atoms with Gasteiger partial charge >= 0.3 is 0 Å². The van der Waals surface area contributed by atoms with Gasteiger partial charge in [0.1, 0.15) is 5.76 Å². The average molecular weight is 292 g/mol. The first kappa shape index (κ1) is 14.6. The summed E-state index contributed by atoms with van der Waals surface area (Å²) < 4.78 is 5.26. The van der Waals surface area contributed by atoms with Crippen LogP contribution in [-0.2, 0) is 19.4 Å². The number of aliphatic imine (C=N–C) groups is 1. The summed E-state index contributed by atoms with van der Waals surface area (Å²) >= 11 is 1.78. The number of aromatic nitrogens is 1. The van der Waals surface area contributed by atoms with Crippen LogP contribution in [0.3, 0.4) is 0 Å². The topological polar surface area (TPSA) is 62.5 Å². The van der Waals surface area contributed by atoms with Crippen LogP contribution in [0, 0.1) is 0 Å². The van der Waals surface area contributed by atoms with E-state index in [0.29, 0.717) is 6.54 Å². The molecule has 0 radical (unpaired) electrons. The van der Waals surface area contributed by atoms with E-state index in [-0.39, 0.29) is 0 Å². The second kappa shape index (κ2) is 7.69. The molecule has 2 rings (SSSR count). The third kappa shape index (κ3) is 4.38. The van der Waals surface area contributed by atoms with E-state index in [4.69, 9.17) is 4.42 Å². The van der Waals surface area contributed by atoms with Gasteiger partial charge in [0.25, 0.3) is 0 Å². The Bertz CT molecular complexity index is 533. The van der Waals surface area contributed by atoms with Gasteiger partial charge < -0.3 is 15.1 Å². The van der Waals surface area contributed by atoms with Crippen molar-refractivity contribution in [3.8, 4) is 0 Å². The molecule has 2 heterocycles. The number of nitrogens with one attached hydrogen (secondary N) is 2. The van der Waals surface area contributed by atoms with Crippen LogP contribution in [0.4, 0.5) is 0 Å². The fraction of sp³-hybridized carbons (Fsp3) is 0.429. The van der Waals surface area contributed by atoms with Crippen molar-refractivity contribution in [2.24, 2.45) is 4.99 Å². The maximum Gasteiger partial charge on any atom is 0.191 e. The van der Waals surface area contributed by atoms with Crippen LogP contribution in [-0.4, -0.2) is 24.5 Å². The summed E-state index contributed by atoms with van der Waals surface area (Å²) in [5.41, 5.74) is 0.